The topological polar surface area (TPSA) is 112 Å². The van der Waals surface area contributed by atoms with Crippen LogP contribution in [0, 0.1) is 5.41 Å². The van der Waals surface area contributed by atoms with Gasteiger partial charge in [0.1, 0.15) is 24.7 Å². The maximum atomic E-state index is 12.1. The summed E-state index contributed by atoms with van der Waals surface area (Å²) in [7, 11) is 0. The molecule has 3 rings (SSSR count). The summed E-state index contributed by atoms with van der Waals surface area (Å²) in [6.45, 7) is 15.1. The summed E-state index contributed by atoms with van der Waals surface area (Å²) >= 11 is 0. The summed E-state index contributed by atoms with van der Waals surface area (Å²) in [5, 5.41) is 19.8. The van der Waals surface area contributed by atoms with Crippen LogP contribution < -0.4 is 9.47 Å². The van der Waals surface area contributed by atoms with Gasteiger partial charge < -0.3 is 29.2 Å². The Morgan fingerprint density at radius 3 is 1.87 bits per heavy atom. The second kappa shape index (κ2) is 21.8. The number of esters is 2. The summed E-state index contributed by atoms with van der Waals surface area (Å²) in [6.07, 6.45) is 7.98. The van der Waals surface area contributed by atoms with Crippen molar-refractivity contribution in [2.75, 3.05) is 39.6 Å². The fraction of sp³-hybridized carbons (Fsp3) is 0.455. The van der Waals surface area contributed by atoms with Gasteiger partial charge in [0.15, 0.2) is 0 Å². The van der Waals surface area contributed by atoms with E-state index in [4.69, 9.17) is 18.9 Å². The second-order valence-electron chi connectivity index (χ2n) is 13.6. The van der Waals surface area contributed by atoms with Gasteiger partial charge in [-0.15, -0.1) is 0 Å². The molecule has 2 N–H and O–H groups in total. The lowest BCUT2D eigenvalue weighted by atomic mass is 9.84. The Morgan fingerprint density at radius 2 is 1.25 bits per heavy atom. The molecule has 0 saturated heterocycles. The van der Waals surface area contributed by atoms with Crippen LogP contribution >= 0.6 is 0 Å². The van der Waals surface area contributed by atoms with Crippen LogP contribution in [0.5, 0.6) is 11.5 Å². The van der Waals surface area contributed by atoms with Crippen molar-refractivity contribution in [1.29, 1.82) is 0 Å². The largest absolute Gasteiger partial charge is 0.493 e. The predicted molar refractivity (Wildman–Crippen MR) is 207 cm³/mol. The summed E-state index contributed by atoms with van der Waals surface area (Å²) in [5.41, 5.74) is 6.34. The molecule has 0 aromatic heterocycles. The molecule has 282 valence electrons. The molecule has 3 aromatic rings. The van der Waals surface area contributed by atoms with Crippen molar-refractivity contribution in [3.63, 3.8) is 0 Å². The molecule has 0 atom stereocenters. The highest BCUT2D eigenvalue weighted by Gasteiger charge is 2.26. The van der Waals surface area contributed by atoms with Gasteiger partial charge in [0.2, 0.25) is 0 Å². The van der Waals surface area contributed by atoms with Gasteiger partial charge in [-0.3, -0.25) is 0 Å². The van der Waals surface area contributed by atoms with Crippen molar-refractivity contribution in [3.05, 3.63) is 107 Å². The van der Waals surface area contributed by atoms with Gasteiger partial charge in [-0.1, -0.05) is 82.3 Å². The molecule has 8 heteroatoms. The molecule has 0 saturated carbocycles. The first-order valence-corrected chi connectivity index (χ1v) is 18.5. The molecule has 0 spiro atoms. The number of carbonyl (C=O) groups excluding carboxylic acids is 2. The maximum absolute atomic E-state index is 12.1. The fourth-order valence-corrected chi connectivity index (χ4v) is 5.68. The van der Waals surface area contributed by atoms with E-state index < -0.39 is 17.4 Å². The van der Waals surface area contributed by atoms with Gasteiger partial charge >= 0.3 is 11.9 Å². The molecule has 8 nitrogen and oxygen atoms in total. The molecule has 0 heterocycles. The Kier molecular flexibility index (Phi) is 17.7. The lowest BCUT2D eigenvalue weighted by Gasteiger charge is -2.28. The molecule has 0 radical (unpaired) electrons. The molecule has 0 aliphatic rings. The average molecular weight is 715 g/mol. The molecule has 0 fully saturated rings. The van der Waals surface area contributed by atoms with Crippen molar-refractivity contribution in [2.45, 2.75) is 85.5 Å². The zero-order chi connectivity index (χ0) is 37.9. The lowest BCUT2D eigenvalue weighted by molar-refractivity contribution is -0.140. The number of benzene rings is 3. The number of hydrogen-bond donors (Lipinski definition) is 2. The number of hydrogen-bond acceptors (Lipinski definition) is 8. The van der Waals surface area contributed by atoms with E-state index >= 15 is 0 Å². The van der Waals surface area contributed by atoms with Crippen LogP contribution in [0.1, 0.15) is 82.1 Å². The van der Waals surface area contributed by atoms with Gasteiger partial charge in [-0.2, -0.15) is 0 Å². The standard InChI is InChI=1S/C44H58O8/c1-7-9-10-11-34-12-14-35(15-13-34)16-17-36-18-20-39(41(28-36)50-26-27-52-43(48)33(5)6)37-19-21-40(49-25-23-44(8-2,30-45)31-46)38(29-37)22-24-51-42(47)32(3)4/h12-15,18-21,28-29,45-46H,3,5,7-11,16-17,22-27,30-31H2,1-2,4,6H3. The number of rotatable bonds is 24. The van der Waals surface area contributed by atoms with Crippen LogP contribution in [0.3, 0.4) is 0 Å². The number of unbranched alkanes of at least 4 members (excludes halogenated alkanes) is 2. The second-order valence-corrected chi connectivity index (χ2v) is 13.6. The van der Waals surface area contributed by atoms with Gasteiger partial charge in [-0.25, -0.2) is 9.59 Å². The third-order valence-corrected chi connectivity index (χ3v) is 9.40. The summed E-state index contributed by atoms with van der Waals surface area (Å²) in [5.74, 6) is 0.356. The van der Waals surface area contributed by atoms with Crippen molar-refractivity contribution in [3.8, 4) is 22.6 Å². The van der Waals surface area contributed by atoms with Crippen molar-refractivity contribution in [1.82, 2.24) is 0 Å². The molecule has 0 bridgehead atoms. The Bertz CT molecular complexity index is 1590. The van der Waals surface area contributed by atoms with E-state index in [0.717, 1.165) is 41.5 Å². The maximum Gasteiger partial charge on any atom is 0.333 e. The quantitative estimate of drug-likeness (QED) is 0.0543. The number of aryl methyl sites for hydroxylation is 3. The zero-order valence-electron chi connectivity index (χ0n) is 31.6. The van der Waals surface area contributed by atoms with Crippen molar-refractivity contribution >= 4 is 11.9 Å². The highest BCUT2D eigenvalue weighted by molar-refractivity contribution is 5.87. The summed E-state index contributed by atoms with van der Waals surface area (Å²) < 4.78 is 23.2. The van der Waals surface area contributed by atoms with Crippen LogP contribution in [0.25, 0.3) is 11.1 Å². The third kappa shape index (κ3) is 13.3. The molecular formula is C44H58O8. The molecule has 3 aromatic carbocycles. The fourth-order valence-electron chi connectivity index (χ4n) is 5.68. The molecule has 52 heavy (non-hydrogen) atoms. The Balaban J connectivity index is 1.87. The van der Waals surface area contributed by atoms with Crippen LogP contribution in [0.2, 0.25) is 0 Å². The van der Waals surface area contributed by atoms with Gasteiger partial charge in [0.25, 0.3) is 0 Å². The third-order valence-electron chi connectivity index (χ3n) is 9.40. The molecule has 0 aliphatic carbocycles. The summed E-state index contributed by atoms with van der Waals surface area (Å²) in [6, 6.07) is 20.9. The van der Waals surface area contributed by atoms with Crippen LogP contribution in [-0.2, 0) is 44.7 Å². The molecular weight excluding hydrogens is 656 g/mol. The van der Waals surface area contributed by atoms with E-state index in [1.807, 2.05) is 37.3 Å². The lowest BCUT2D eigenvalue weighted by Crippen LogP contribution is -2.31. The van der Waals surface area contributed by atoms with Crippen molar-refractivity contribution < 1.29 is 38.7 Å². The van der Waals surface area contributed by atoms with Crippen LogP contribution in [0.4, 0.5) is 0 Å². The molecule has 0 amide bonds. The Labute approximate surface area is 310 Å². The number of ether oxygens (including phenoxy) is 4. The minimum atomic E-state index is -0.624. The first-order valence-electron chi connectivity index (χ1n) is 18.5. The summed E-state index contributed by atoms with van der Waals surface area (Å²) in [4.78, 5) is 24.1. The average Bonchev–Trinajstić information content (AvgIpc) is 3.15. The zero-order valence-corrected chi connectivity index (χ0v) is 31.6. The number of carbonyl (C=O) groups is 2. The first-order chi connectivity index (χ1) is 25.0. The van der Waals surface area contributed by atoms with Crippen molar-refractivity contribution in [2.24, 2.45) is 5.41 Å². The molecule has 0 unspecified atom stereocenters. The molecule has 0 aliphatic heterocycles. The normalized spacial score (nSPS) is 11.2. The van der Waals surface area contributed by atoms with Gasteiger partial charge in [0.05, 0.1) is 26.4 Å². The van der Waals surface area contributed by atoms with E-state index in [2.05, 4.69) is 50.4 Å². The van der Waals surface area contributed by atoms with Crippen LogP contribution in [-0.4, -0.2) is 61.8 Å². The van der Waals surface area contributed by atoms with E-state index in [9.17, 15) is 19.8 Å². The monoisotopic (exact) mass is 714 g/mol. The van der Waals surface area contributed by atoms with E-state index in [0.29, 0.717) is 48.5 Å². The van der Waals surface area contributed by atoms with E-state index in [-0.39, 0.29) is 33.0 Å². The smallest absolute Gasteiger partial charge is 0.333 e. The van der Waals surface area contributed by atoms with E-state index in [1.165, 1.54) is 30.4 Å². The first kappa shape index (κ1) is 42.0. The van der Waals surface area contributed by atoms with E-state index in [1.54, 1.807) is 13.8 Å². The minimum Gasteiger partial charge on any atom is -0.493 e. The number of aliphatic hydroxyl groups excluding tert-OH is 2. The number of aliphatic hydroxyl groups is 2. The van der Waals surface area contributed by atoms with Gasteiger partial charge in [-0.05, 0) is 98.4 Å². The van der Waals surface area contributed by atoms with Crippen LogP contribution in [0.15, 0.2) is 85.0 Å². The SMILES string of the molecule is C=C(C)C(=O)OCCOc1cc(CCc2ccc(CCCCC)cc2)ccc1-c1ccc(OCCC(CC)(CO)CO)c(CCOC(=O)C(=C)C)c1. The van der Waals surface area contributed by atoms with Gasteiger partial charge in [0, 0.05) is 28.5 Å². The Morgan fingerprint density at radius 1 is 0.654 bits per heavy atom. The predicted octanol–water partition coefficient (Wildman–Crippen LogP) is 8.18. The Hall–Kier alpha value is -4.40. The highest BCUT2D eigenvalue weighted by atomic mass is 16.6. The minimum absolute atomic E-state index is 0.0764. The highest BCUT2D eigenvalue weighted by Crippen LogP contribution is 2.35.